The highest BCUT2D eigenvalue weighted by molar-refractivity contribution is 7.48. The van der Waals surface area contributed by atoms with E-state index in [1.54, 1.807) is 20.8 Å². The van der Waals surface area contributed by atoms with Crippen molar-refractivity contribution in [3.63, 3.8) is 0 Å². The number of halogens is 2. The van der Waals surface area contributed by atoms with E-state index < -0.39 is 68.0 Å². The number of nitrogen functional groups attached to an aromatic ring is 1. The van der Waals surface area contributed by atoms with Crippen molar-refractivity contribution in [2.75, 3.05) is 12.3 Å². The summed E-state index contributed by atoms with van der Waals surface area (Å²) in [5.41, 5.74) is 4.31. The lowest BCUT2D eigenvalue weighted by molar-refractivity contribution is -0.0988. The zero-order valence-electron chi connectivity index (χ0n) is 20.9. The summed E-state index contributed by atoms with van der Waals surface area (Å²) in [6.07, 6.45) is -2.04. The Labute approximate surface area is 220 Å². The van der Waals surface area contributed by atoms with E-state index in [0.717, 1.165) is 18.2 Å². The number of nitrogens with two attached hydrogens (primary N) is 1. The van der Waals surface area contributed by atoms with Gasteiger partial charge in [0.2, 0.25) is 0 Å². The lowest BCUT2D eigenvalue weighted by Gasteiger charge is -2.39. The zero-order chi connectivity index (χ0) is 27.7. The molecule has 2 N–H and O–H groups in total. The van der Waals surface area contributed by atoms with Gasteiger partial charge in [-0.3, -0.25) is 18.1 Å². The Morgan fingerprint density at radius 1 is 1.18 bits per heavy atom. The molecule has 13 nitrogen and oxygen atoms in total. The van der Waals surface area contributed by atoms with Crippen molar-refractivity contribution >= 4 is 31.0 Å². The third-order valence-corrected chi connectivity index (χ3v) is 8.50. The molecule has 3 aliphatic heterocycles. The van der Waals surface area contributed by atoms with Crippen molar-refractivity contribution in [3.05, 3.63) is 48.1 Å². The van der Waals surface area contributed by atoms with Gasteiger partial charge in [0, 0.05) is 12.5 Å². The van der Waals surface area contributed by atoms with Gasteiger partial charge in [0.05, 0.1) is 24.6 Å². The average molecular weight is 567 g/mol. The van der Waals surface area contributed by atoms with Crippen LogP contribution in [0, 0.1) is 11.6 Å². The lowest BCUT2D eigenvalue weighted by Crippen LogP contribution is -2.42. The van der Waals surface area contributed by atoms with Gasteiger partial charge in [-0.1, -0.05) is 0 Å². The van der Waals surface area contributed by atoms with E-state index in [0.29, 0.717) is 11.2 Å². The van der Waals surface area contributed by atoms with E-state index in [9.17, 15) is 18.1 Å². The zero-order valence-corrected chi connectivity index (χ0v) is 21.8. The molecular formula is C23H24F2N5O8P. The fourth-order valence-corrected chi connectivity index (χ4v) is 6.84. The van der Waals surface area contributed by atoms with Crippen LogP contribution in [-0.2, 0) is 32.3 Å². The summed E-state index contributed by atoms with van der Waals surface area (Å²) in [6.45, 7) is 4.50. The van der Waals surface area contributed by atoms with Crippen LogP contribution in [0.5, 0.6) is 0 Å². The Morgan fingerprint density at radius 2 is 1.92 bits per heavy atom. The van der Waals surface area contributed by atoms with Crippen molar-refractivity contribution in [2.45, 2.75) is 62.9 Å². The number of hydrogen-bond acceptors (Lipinski definition) is 12. The highest BCUT2D eigenvalue weighted by atomic mass is 31.2. The quantitative estimate of drug-likeness (QED) is 0.350. The Balaban J connectivity index is 1.26. The molecule has 6 atom stereocenters. The number of benzene rings is 1. The minimum Gasteiger partial charge on any atom is -0.424 e. The van der Waals surface area contributed by atoms with Crippen molar-refractivity contribution in [3.8, 4) is 0 Å². The molecule has 0 saturated carbocycles. The molecule has 208 valence electrons. The number of fused-ring (bicyclic) bond motifs is 2. The van der Waals surface area contributed by atoms with Gasteiger partial charge in [0.15, 0.2) is 29.4 Å². The van der Waals surface area contributed by atoms with Gasteiger partial charge in [-0.05, 0) is 38.5 Å². The van der Waals surface area contributed by atoms with Gasteiger partial charge in [-0.2, -0.15) is 0 Å². The summed E-state index contributed by atoms with van der Waals surface area (Å²) < 4.78 is 76.8. The van der Waals surface area contributed by atoms with Crippen molar-refractivity contribution in [1.29, 1.82) is 0 Å². The maximum absolute atomic E-state index is 13.9. The minimum absolute atomic E-state index is 0.142. The number of phosphoric acid groups is 1. The Kier molecular flexibility index (Phi) is 5.93. The van der Waals surface area contributed by atoms with Crippen molar-refractivity contribution < 1.29 is 45.9 Å². The van der Waals surface area contributed by atoms with Gasteiger partial charge in [-0.15, -0.1) is 0 Å². The predicted molar refractivity (Wildman–Crippen MR) is 127 cm³/mol. The number of nitrogens with zero attached hydrogens (tertiary/aromatic N) is 4. The highest BCUT2D eigenvalue weighted by Gasteiger charge is 2.65. The van der Waals surface area contributed by atoms with Crippen LogP contribution in [0.25, 0.3) is 11.2 Å². The molecule has 6 rings (SSSR count). The first-order valence-electron chi connectivity index (χ1n) is 11.9. The minimum atomic E-state index is -4.30. The molecule has 0 radical (unpaired) electrons. The molecule has 2 aromatic heterocycles. The molecule has 5 heterocycles. The highest BCUT2D eigenvalue weighted by Crippen LogP contribution is 2.62. The van der Waals surface area contributed by atoms with E-state index in [2.05, 4.69) is 15.0 Å². The second-order valence-electron chi connectivity index (χ2n) is 10.3. The lowest BCUT2D eigenvalue weighted by atomic mass is 9.96. The molecule has 3 saturated heterocycles. The molecule has 0 aliphatic carbocycles. The van der Waals surface area contributed by atoms with E-state index in [-0.39, 0.29) is 17.8 Å². The van der Waals surface area contributed by atoms with Crippen LogP contribution in [0.15, 0.2) is 30.9 Å². The first-order valence-corrected chi connectivity index (χ1v) is 13.4. The van der Waals surface area contributed by atoms with E-state index in [4.69, 9.17) is 33.5 Å². The molecule has 1 aromatic carbocycles. The predicted octanol–water partition coefficient (Wildman–Crippen LogP) is 3.96. The van der Waals surface area contributed by atoms with Crippen LogP contribution in [0.1, 0.15) is 45.1 Å². The van der Waals surface area contributed by atoms with Gasteiger partial charge in [0.25, 0.3) is 0 Å². The van der Waals surface area contributed by atoms with Crippen molar-refractivity contribution in [2.24, 2.45) is 0 Å². The number of carbonyl (C=O) groups is 1. The summed E-state index contributed by atoms with van der Waals surface area (Å²) >= 11 is 0. The fourth-order valence-electron chi connectivity index (χ4n) is 5.16. The van der Waals surface area contributed by atoms with Crippen LogP contribution < -0.4 is 5.73 Å². The molecule has 39 heavy (non-hydrogen) atoms. The van der Waals surface area contributed by atoms with E-state index in [1.165, 1.54) is 17.2 Å². The molecule has 0 amide bonds. The molecule has 0 spiro atoms. The first-order chi connectivity index (χ1) is 18.4. The Morgan fingerprint density at radius 3 is 2.67 bits per heavy atom. The summed E-state index contributed by atoms with van der Waals surface area (Å²) in [4.78, 5) is 24.5. The molecule has 0 bridgehead atoms. The third-order valence-electron chi connectivity index (χ3n) is 6.81. The molecule has 3 fully saturated rings. The monoisotopic (exact) mass is 567 g/mol. The summed E-state index contributed by atoms with van der Waals surface area (Å²) in [7, 11) is -4.30. The molecular weight excluding hydrogens is 543 g/mol. The SMILES string of the molecule is CC1(C)C[C@@H](c2cc(F)cc(F)c2)OP(=O)(OC[C@H]2O[C@@H](n3cnc4c(N)ncnc43)[C@]3(C)OC(=O)O[C@H]23)O1. The summed E-state index contributed by atoms with van der Waals surface area (Å²) in [6, 6.07) is 2.91. The number of rotatable bonds is 5. The topological polar surface area (TPSA) is 159 Å². The normalized spacial score (nSPS) is 33.6. The maximum Gasteiger partial charge on any atom is 0.509 e. The molecule has 1 unspecified atom stereocenters. The largest absolute Gasteiger partial charge is 0.509 e. The second kappa shape index (κ2) is 8.89. The smallest absolute Gasteiger partial charge is 0.424 e. The van der Waals surface area contributed by atoms with Gasteiger partial charge in [-0.25, -0.2) is 33.1 Å². The van der Waals surface area contributed by atoms with Gasteiger partial charge >= 0.3 is 14.0 Å². The number of phosphoric ester groups is 1. The van der Waals surface area contributed by atoms with Crippen molar-refractivity contribution in [1.82, 2.24) is 19.5 Å². The van der Waals surface area contributed by atoms with Gasteiger partial charge < -0.3 is 19.9 Å². The van der Waals surface area contributed by atoms with Crippen LogP contribution in [0.4, 0.5) is 19.4 Å². The number of ether oxygens (including phenoxy) is 3. The Hall–Kier alpha value is -3.23. The average Bonchev–Trinajstić information content (AvgIpc) is 3.46. The van der Waals surface area contributed by atoms with Crippen LogP contribution in [0.3, 0.4) is 0 Å². The summed E-state index contributed by atoms with van der Waals surface area (Å²) in [5.74, 6) is -1.46. The number of imidazole rings is 1. The molecule has 3 aromatic rings. The number of hydrogen-bond donors (Lipinski definition) is 1. The fraction of sp³-hybridized carbons (Fsp3) is 0.478. The third kappa shape index (κ3) is 4.53. The summed E-state index contributed by atoms with van der Waals surface area (Å²) in [5, 5.41) is 0. The number of carbonyl (C=O) groups excluding carboxylic acids is 1. The molecule has 3 aliphatic rings. The Bertz CT molecular complexity index is 1500. The van der Waals surface area contributed by atoms with Crippen LogP contribution >= 0.6 is 7.82 Å². The second-order valence-corrected chi connectivity index (χ2v) is 11.8. The number of aromatic nitrogens is 4. The van der Waals surface area contributed by atoms with Gasteiger partial charge in [0.1, 0.15) is 29.6 Å². The van der Waals surface area contributed by atoms with Crippen LogP contribution in [-0.4, -0.2) is 55.7 Å². The van der Waals surface area contributed by atoms with E-state index in [1.807, 2.05) is 0 Å². The van der Waals surface area contributed by atoms with E-state index >= 15 is 0 Å². The maximum atomic E-state index is 13.9. The van der Waals surface area contributed by atoms with Crippen LogP contribution in [0.2, 0.25) is 0 Å². The number of anilines is 1. The standard InChI is InChI=1S/C23H24F2N5O8P/c1-22(2)7-14(11-4-12(24)6-13(25)5-11)37-39(32,38-22)33-8-15-17-23(3,36-21(31)35-17)20(34-15)30-10-29-16-18(26)27-9-28-19(16)30/h4-6,9-10,14-15,17,20H,7-8H2,1-3H3,(H2,26,27,28)/t14-,15+,17+,20+,23+,39?/m0/s1. The first kappa shape index (κ1) is 26.0. The molecule has 16 heteroatoms.